The largest absolute Gasteiger partial charge is 0.352 e. The first-order valence-corrected chi connectivity index (χ1v) is 12.2. The molecule has 1 atom stereocenters. The Morgan fingerprint density at radius 1 is 1.12 bits per heavy atom. The van der Waals surface area contributed by atoms with Gasteiger partial charge in [0.2, 0.25) is 5.91 Å². The molecule has 0 radical (unpaired) electrons. The third-order valence-electron chi connectivity index (χ3n) is 5.44. The minimum Gasteiger partial charge on any atom is -0.352 e. The Hall–Kier alpha value is -2.54. The molecular formula is C25H21Cl2FN2O2S. The van der Waals surface area contributed by atoms with Crippen LogP contribution in [0.5, 0.6) is 0 Å². The molecule has 1 aliphatic heterocycles. The van der Waals surface area contributed by atoms with Crippen LogP contribution in [0.3, 0.4) is 0 Å². The number of nitrogens with one attached hydrogen (secondary N) is 1. The van der Waals surface area contributed by atoms with E-state index in [0.717, 1.165) is 22.4 Å². The zero-order valence-corrected chi connectivity index (χ0v) is 20.1. The molecule has 1 N–H and O–H groups in total. The van der Waals surface area contributed by atoms with Gasteiger partial charge in [-0.1, -0.05) is 41.4 Å². The SMILES string of the molecule is Cc1cc(C(=O)NCCc2ccc(Cl)cc2Cl)ccc1N1C(=O)CSC1c1ccc(F)cc1. The molecule has 1 fully saturated rings. The number of carbonyl (C=O) groups is 2. The van der Waals surface area contributed by atoms with Gasteiger partial charge in [0.05, 0.1) is 5.75 Å². The van der Waals surface area contributed by atoms with E-state index in [-0.39, 0.29) is 23.0 Å². The van der Waals surface area contributed by atoms with Crippen molar-refractivity contribution in [1.82, 2.24) is 5.32 Å². The molecule has 2 amide bonds. The van der Waals surface area contributed by atoms with Crippen LogP contribution in [0.25, 0.3) is 0 Å². The number of hydrogen-bond acceptors (Lipinski definition) is 3. The number of carbonyl (C=O) groups excluding carboxylic acids is 2. The summed E-state index contributed by atoms with van der Waals surface area (Å²) < 4.78 is 13.3. The normalized spacial score (nSPS) is 15.7. The fourth-order valence-electron chi connectivity index (χ4n) is 3.76. The number of aryl methyl sites for hydroxylation is 1. The number of rotatable bonds is 6. The highest BCUT2D eigenvalue weighted by Gasteiger charge is 2.34. The maximum Gasteiger partial charge on any atom is 0.251 e. The summed E-state index contributed by atoms with van der Waals surface area (Å²) in [7, 11) is 0. The molecule has 8 heteroatoms. The molecule has 1 heterocycles. The van der Waals surface area contributed by atoms with Gasteiger partial charge in [-0.15, -0.1) is 11.8 Å². The van der Waals surface area contributed by atoms with Gasteiger partial charge in [-0.25, -0.2) is 4.39 Å². The molecule has 4 nitrogen and oxygen atoms in total. The minimum atomic E-state index is -0.315. The van der Waals surface area contributed by atoms with E-state index in [1.807, 2.05) is 13.0 Å². The van der Waals surface area contributed by atoms with Crippen LogP contribution >= 0.6 is 35.0 Å². The van der Waals surface area contributed by atoms with Gasteiger partial charge in [0.1, 0.15) is 11.2 Å². The predicted molar refractivity (Wildman–Crippen MR) is 133 cm³/mol. The molecule has 1 unspecified atom stereocenters. The van der Waals surface area contributed by atoms with Crippen molar-refractivity contribution < 1.29 is 14.0 Å². The first-order chi connectivity index (χ1) is 15.8. The summed E-state index contributed by atoms with van der Waals surface area (Å²) in [4.78, 5) is 27.0. The Bertz CT molecular complexity index is 1200. The van der Waals surface area contributed by atoms with E-state index in [1.54, 1.807) is 47.4 Å². The van der Waals surface area contributed by atoms with Crippen molar-refractivity contribution in [3.63, 3.8) is 0 Å². The average molecular weight is 503 g/mol. The summed E-state index contributed by atoms with van der Waals surface area (Å²) in [5.74, 6) is -0.192. The van der Waals surface area contributed by atoms with E-state index in [9.17, 15) is 14.0 Å². The van der Waals surface area contributed by atoms with Crippen molar-refractivity contribution in [2.24, 2.45) is 0 Å². The van der Waals surface area contributed by atoms with E-state index in [0.29, 0.717) is 34.3 Å². The van der Waals surface area contributed by atoms with Crippen molar-refractivity contribution in [1.29, 1.82) is 0 Å². The number of anilines is 1. The molecule has 1 saturated heterocycles. The maximum atomic E-state index is 13.3. The summed E-state index contributed by atoms with van der Waals surface area (Å²) in [6, 6.07) is 16.8. The molecule has 1 aliphatic rings. The zero-order valence-electron chi connectivity index (χ0n) is 17.8. The van der Waals surface area contributed by atoms with Crippen molar-refractivity contribution in [3.8, 4) is 0 Å². The zero-order chi connectivity index (χ0) is 23.5. The molecule has 4 rings (SSSR count). The smallest absolute Gasteiger partial charge is 0.251 e. The number of benzene rings is 3. The van der Waals surface area contributed by atoms with Crippen molar-refractivity contribution in [3.05, 3.63) is 98.8 Å². The van der Waals surface area contributed by atoms with Crippen LogP contribution in [0.15, 0.2) is 60.7 Å². The number of hydrogen-bond donors (Lipinski definition) is 1. The second-order valence-corrected chi connectivity index (χ2v) is 9.63. The van der Waals surface area contributed by atoms with E-state index in [2.05, 4.69) is 5.32 Å². The van der Waals surface area contributed by atoms with Crippen LogP contribution in [0.1, 0.15) is 32.4 Å². The number of halogens is 3. The fraction of sp³-hybridized carbons (Fsp3) is 0.200. The van der Waals surface area contributed by atoms with Gasteiger partial charge in [-0.2, -0.15) is 0 Å². The van der Waals surface area contributed by atoms with Crippen LogP contribution in [0, 0.1) is 12.7 Å². The molecule has 170 valence electrons. The second-order valence-electron chi connectivity index (χ2n) is 7.72. The van der Waals surface area contributed by atoms with Crippen LogP contribution < -0.4 is 10.2 Å². The van der Waals surface area contributed by atoms with Gasteiger partial charge in [-0.3, -0.25) is 14.5 Å². The summed E-state index contributed by atoms with van der Waals surface area (Å²) in [6.45, 7) is 2.30. The van der Waals surface area contributed by atoms with Crippen molar-refractivity contribution in [2.45, 2.75) is 18.7 Å². The van der Waals surface area contributed by atoms with Crippen LogP contribution in [0.4, 0.5) is 10.1 Å². The fourth-order valence-corrected chi connectivity index (χ4v) is 5.43. The van der Waals surface area contributed by atoms with Crippen LogP contribution in [0.2, 0.25) is 10.0 Å². The van der Waals surface area contributed by atoms with Gasteiger partial charge in [-0.05, 0) is 72.5 Å². The van der Waals surface area contributed by atoms with E-state index < -0.39 is 0 Å². The van der Waals surface area contributed by atoms with Crippen molar-refractivity contribution in [2.75, 3.05) is 17.2 Å². The molecule has 0 bridgehead atoms. The third kappa shape index (κ3) is 5.35. The molecule has 0 saturated carbocycles. The highest BCUT2D eigenvalue weighted by molar-refractivity contribution is 8.00. The Labute approximate surface area is 206 Å². The van der Waals surface area contributed by atoms with Gasteiger partial charge in [0.25, 0.3) is 5.91 Å². The second kappa shape index (κ2) is 10.2. The number of thioether (sulfide) groups is 1. The Kier molecular flexibility index (Phi) is 7.27. The lowest BCUT2D eigenvalue weighted by Gasteiger charge is -2.26. The van der Waals surface area contributed by atoms with Gasteiger partial charge >= 0.3 is 0 Å². The van der Waals surface area contributed by atoms with Gasteiger partial charge in [0.15, 0.2) is 0 Å². The average Bonchev–Trinajstić information content (AvgIpc) is 3.16. The molecular weight excluding hydrogens is 482 g/mol. The van der Waals surface area contributed by atoms with Crippen LogP contribution in [-0.2, 0) is 11.2 Å². The van der Waals surface area contributed by atoms with Crippen LogP contribution in [-0.4, -0.2) is 24.1 Å². The summed E-state index contributed by atoms with van der Waals surface area (Å²) in [6.07, 6.45) is 0.581. The monoisotopic (exact) mass is 502 g/mol. The molecule has 33 heavy (non-hydrogen) atoms. The van der Waals surface area contributed by atoms with E-state index in [4.69, 9.17) is 23.2 Å². The summed E-state index contributed by atoms with van der Waals surface area (Å²) in [5.41, 5.74) is 3.82. The highest BCUT2D eigenvalue weighted by atomic mass is 35.5. The Balaban J connectivity index is 1.46. The lowest BCUT2D eigenvalue weighted by Crippen LogP contribution is -2.29. The lowest BCUT2D eigenvalue weighted by atomic mass is 10.1. The minimum absolute atomic E-state index is 0.0190. The summed E-state index contributed by atoms with van der Waals surface area (Å²) >= 11 is 13.6. The maximum absolute atomic E-state index is 13.3. The van der Waals surface area contributed by atoms with E-state index >= 15 is 0 Å². The summed E-state index contributed by atoms with van der Waals surface area (Å²) in [5, 5.41) is 3.81. The highest BCUT2D eigenvalue weighted by Crippen LogP contribution is 2.42. The van der Waals surface area contributed by atoms with Gasteiger partial charge in [0, 0.05) is 27.8 Å². The number of nitrogens with zero attached hydrogens (tertiary/aromatic N) is 1. The first-order valence-electron chi connectivity index (χ1n) is 10.4. The van der Waals surface area contributed by atoms with E-state index in [1.165, 1.54) is 23.9 Å². The topological polar surface area (TPSA) is 49.4 Å². The lowest BCUT2D eigenvalue weighted by molar-refractivity contribution is -0.115. The number of amides is 2. The third-order valence-corrected chi connectivity index (χ3v) is 7.24. The first kappa shape index (κ1) is 23.6. The standard InChI is InChI=1S/C25H21Cl2FN2O2S/c1-15-12-18(24(32)29-11-10-16-2-6-19(26)13-21(16)27)5-9-22(15)30-23(31)14-33-25(30)17-3-7-20(28)8-4-17/h2-9,12-13,25H,10-11,14H2,1H3,(H,29,32). The molecule has 0 aromatic heterocycles. The molecule has 0 aliphatic carbocycles. The van der Waals surface area contributed by atoms with Crippen molar-refractivity contribution >= 4 is 52.5 Å². The molecule has 0 spiro atoms. The molecule has 3 aromatic rings. The molecule has 3 aromatic carbocycles. The Morgan fingerprint density at radius 2 is 1.88 bits per heavy atom. The Morgan fingerprint density at radius 3 is 2.58 bits per heavy atom. The quantitative estimate of drug-likeness (QED) is 0.436. The van der Waals surface area contributed by atoms with Gasteiger partial charge < -0.3 is 5.32 Å². The predicted octanol–water partition coefficient (Wildman–Crippen LogP) is 6.19.